The second-order valence-electron chi connectivity index (χ2n) is 5.74. The molecular weight excluding hydrogens is 224 g/mol. The first kappa shape index (κ1) is 12.0. The summed E-state index contributed by atoms with van der Waals surface area (Å²) in [5, 5.41) is 9.15. The first-order chi connectivity index (χ1) is 8.79. The highest BCUT2D eigenvalue weighted by molar-refractivity contribution is 5.49. The van der Waals surface area contributed by atoms with Crippen LogP contribution in [0.5, 0.6) is 0 Å². The van der Waals surface area contributed by atoms with E-state index in [1.54, 1.807) is 0 Å². The molecule has 98 valence electrons. The molecule has 18 heavy (non-hydrogen) atoms. The molecule has 1 aliphatic heterocycles. The second kappa shape index (κ2) is 4.88. The summed E-state index contributed by atoms with van der Waals surface area (Å²) < 4.78 is 0. The third kappa shape index (κ3) is 2.01. The molecule has 3 rings (SSSR count). The zero-order chi connectivity index (χ0) is 12.5. The molecule has 0 spiro atoms. The van der Waals surface area contributed by atoms with Gasteiger partial charge in [0.15, 0.2) is 0 Å². The SMILES string of the molecule is Cc1cc(CO)cnc1N1CCC2CCCCC21. The number of aromatic nitrogens is 1. The van der Waals surface area contributed by atoms with Crippen molar-refractivity contribution < 1.29 is 5.11 Å². The van der Waals surface area contributed by atoms with Gasteiger partial charge in [-0.1, -0.05) is 12.8 Å². The topological polar surface area (TPSA) is 36.4 Å². The lowest BCUT2D eigenvalue weighted by Gasteiger charge is -2.33. The lowest BCUT2D eigenvalue weighted by atomic mass is 9.85. The van der Waals surface area contributed by atoms with E-state index >= 15 is 0 Å². The standard InChI is InChI=1S/C15H22N2O/c1-11-8-12(10-18)9-16-15(11)17-7-6-13-4-2-3-5-14(13)17/h8-9,13-14,18H,2-7,10H2,1H3. The Balaban J connectivity index is 1.86. The Morgan fingerprint density at radius 1 is 1.33 bits per heavy atom. The zero-order valence-corrected chi connectivity index (χ0v) is 11.1. The van der Waals surface area contributed by atoms with Gasteiger partial charge >= 0.3 is 0 Å². The van der Waals surface area contributed by atoms with Crippen LogP contribution < -0.4 is 4.90 Å². The normalized spacial score (nSPS) is 27.3. The number of aryl methyl sites for hydroxylation is 1. The van der Waals surface area contributed by atoms with Crippen molar-refractivity contribution >= 4 is 5.82 Å². The van der Waals surface area contributed by atoms with Crippen molar-refractivity contribution in [3.8, 4) is 0 Å². The molecule has 1 aromatic heterocycles. The number of rotatable bonds is 2. The van der Waals surface area contributed by atoms with E-state index in [2.05, 4.69) is 22.9 Å². The van der Waals surface area contributed by atoms with Gasteiger partial charge in [-0.05, 0) is 49.3 Å². The molecule has 1 saturated heterocycles. The minimum atomic E-state index is 0.0835. The van der Waals surface area contributed by atoms with Gasteiger partial charge in [-0.25, -0.2) is 4.98 Å². The summed E-state index contributed by atoms with van der Waals surface area (Å²) in [5.41, 5.74) is 2.11. The van der Waals surface area contributed by atoms with E-state index in [0.717, 1.165) is 23.8 Å². The summed E-state index contributed by atoms with van der Waals surface area (Å²) >= 11 is 0. The molecule has 2 unspecified atom stereocenters. The van der Waals surface area contributed by atoms with Crippen LogP contribution >= 0.6 is 0 Å². The molecule has 3 nitrogen and oxygen atoms in total. The number of hydrogen-bond donors (Lipinski definition) is 1. The van der Waals surface area contributed by atoms with Crippen LogP contribution in [0.2, 0.25) is 0 Å². The summed E-state index contributed by atoms with van der Waals surface area (Å²) in [6, 6.07) is 2.78. The smallest absolute Gasteiger partial charge is 0.131 e. The summed E-state index contributed by atoms with van der Waals surface area (Å²) in [4.78, 5) is 7.10. The zero-order valence-electron chi connectivity index (χ0n) is 11.1. The van der Waals surface area contributed by atoms with Gasteiger partial charge in [-0.2, -0.15) is 0 Å². The lowest BCUT2D eigenvalue weighted by Crippen LogP contribution is -2.35. The van der Waals surface area contributed by atoms with Gasteiger partial charge in [0.2, 0.25) is 0 Å². The van der Waals surface area contributed by atoms with Crippen molar-refractivity contribution in [3.05, 3.63) is 23.4 Å². The van der Waals surface area contributed by atoms with Crippen LogP contribution in [0.1, 0.15) is 43.2 Å². The molecule has 3 heteroatoms. The summed E-state index contributed by atoms with van der Waals surface area (Å²) in [6.07, 6.45) is 8.64. The van der Waals surface area contributed by atoms with Crippen LogP contribution in [0.15, 0.2) is 12.3 Å². The Morgan fingerprint density at radius 3 is 2.94 bits per heavy atom. The number of hydrogen-bond acceptors (Lipinski definition) is 3. The number of aliphatic hydroxyl groups is 1. The van der Waals surface area contributed by atoms with Gasteiger partial charge in [0, 0.05) is 18.8 Å². The molecule has 2 atom stereocenters. The summed E-state index contributed by atoms with van der Waals surface area (Å²) in [7, 11) is 0. The van der Waals surface area contributed by atoms with Crippen LogP contribution in [0.3, 0.4) is 0 Å². The molecule has 2 aliphatic rings. The predicted molar refractivity (Wildman–Crippen MR) is 72.6 cm³/mol. The van der Waals surface area contributed by atoms with Crippen molar-refractivity contribution in [2.75, 3.05) is 11.4 Å². The minimum Gasteiger partial charge on any atom is -0.392 e. The van der Waals surface area contributed by atoms with Gasteiger partial charge in [-0.15, -0.1) is 0 Å². The maximum Gasteiger partial charge on any atom is 0.131 e. The molecule has 0 bridgehead atoms. The summed E-state index contributed by atoms with van der Waals surface area (Å²) in [6.45, 7) is 3.35. The fraction of sp³-hybridized carbons (Fsp3) is 0.667. The highest BCUT2D eigenvalue weighted by Gasteiger charge is 2.36. The Hall–Kier alpha value is -1.09. The fourth-order valence-corrected chi connectivity index (χ4v) is 3.68. The molecule has 1 aliphatic carbocycles. The summed E-state index contributed by atoms with van der Waals surface area (Å²) in [5.74, 6) is 2.03. The van der Waals surface area contributed by atoms with Crippen LogP contribution in [-0.4, -0.2) is 22.7 Å². The van der Waals surface area contributed by atoms with Gasteiger partial charge in [0.05, 0.1) is 6.61 Å². The molecule has 2 heterocycles. The molecule has 0 amide bonds. The van der Waals surface area contributed by atoms with E-state index in [1.807, 2.05) is 6.20 Å². The Bertz CT molecular complexity index is 433. The van der Waals surface area contributed by atoms with Crippen LogP contribution in [0, 0.1) is 12.8 Å². The second-order valence-corrected chi connectivity index (χ2v) is 5.74. The first-order valence-electron chi connectivity index (χ1n) is 7.12. The monoisotopic (exact) mass is 246 g/mol. The Kier molecular flexibility index (Phi) is 3.25. The quantitative estimate of drug-likeness (QED) is 0.871. The van der Waals surface area contributed by atoms with E-state index in [-0.39, 0.29) is 6.61 Å². The van der Waals surface area contributed by atoms with Crippen molar-refractivity contribution in [3.63, 3.8) is 0 Å². The number of aliphatic hydroxyl groups excluding tert-OH is 1. The van der Waals surface area contributed by atoms with Crippen molar-refractivity contribution in [2.45, 2.75) is 51.7 Å². The maximum atomic E-state index is 9.15. The molecule has 2 fully saturated rings. The highest BCUT2D eigenvalue weighted by atomic mass is 16.3. The fourth-order valence-electron chi connectivity index (χ4n) is 3.68. The Morgan fingerprint density at radius 2 is 2.17 bits per heavy atom. The number of anilines is 1. The third-order valence-corrected chi connectivity index (χ3v) is 4.57. The largest absolute Gasteiger partial charge is 0.392 e. The van der Waals surface area contributed by atoms with Crippen molar-refractivity contribution in [1.82, 2.24) is 4.98 Å². The molecule has 1 N–H and O–H groups in total. The first-order valence-corrected chi connectivity index (χ1v) is 7.12. The van der Waals surface area contributed by atoms with Crippen LogP contribution in [0.25, 0.3) is 0 Å². The van der Waals surface area contributed by atoms with E-state index < -0.39 is 0 Å². The average molecular weight is 246 g/mol. The third-order valence-electron chi connectivity index (χ3n) is 4.57. The molecular formula is C15H22N2O. The molecule has 1 saturated carbocycles. The number of pyridine rings is 1. The lowest BCUT2D eigenvalue weighted by molar-refractivity contribution is 0.281. The van der Waals surface area contributed by atoms with Crippen LogP contribution in [0.4, 0.5) is 5.82 Å². The van der Waals surface area contributed by atoms with Gasteiger partial charge in [0.25, 0.3) is 0 Å². The minimum absolute atomic E-state index is 0.0835. The average Bonchev–Trinajstić information content (AvgIpc) is 2.82. The highest BCUT2D eigenvalue weighted by Crippen LogP contribution is 2.39. The maximum absolute atomic E-state index is 9.15. The Labute approximate surface area is 109 Å². The van der Waals surface area contributed by atoms with Crippen molar-refractivity contribution in [1.29, 1.82) is 0 Å². The van der Waals surface area contributed by atoms with E-state index in [0.29, 0.717) is 6.04 Å². The van der Waals surface area contributed by atoms with Crippen LogP contribution in [-0.2, 0) is 6.61 Å². The molecule has 1 aromatic rings. The van der Waals surface area contributed by atoms with Crippen molar-refractivity contribution in [2.24, 2.45) is 5.92 Å². The van der Waals surface area contributed by atoms with E-state index in [9.17, 15) is 0 Å². The van der Waals surface area contributed by atoms with Gasteiger partial charge < -0.3 is 10.0 Å². The van der Waals surface area contributed by atoms with E-state index in [1.165, 1.54) is 37.7 Å². The number of fused-ring (bicyclic) bond motifs is 1. The van der Waals surface area contributed by atoms with Gasteiger partial charge in [0.1, 0.15) is 5.82 Å². The molecule has 0 radical (unpaired) electrons. The van der Waals surface area contributed by atoms with E-state index in [4.69, 9.17) is 5.11 Å². The predicted octanol–water partition coefficient (Wildman–Crippen LogP) is 2.65. The van der Waals surface area contributed by atoms with Gasteiger partial charge in [-0.3, -0.25) is 0 Å². The number of nitrogens with zero attached hydrogens (tertiary/aromatic N) is 2. The molecule has 0 aromatic carbocycles.